The Hall–Kier alpha value is -3.04. The zero-order valence-electron chi connectivity index (χ0n) is 17.0. The highest BCUT2D eigenvalue weighted by Gasteiger charge is 2.26. The first-order valence-electron chi connectivity index (χ1n) is 9.51. The van der Waals surface area contributed by atoms with Crippen LogP contribution in [0, 0.1) is 6.92 Å². The monoisotopic (exact) mass is 428 g/mol. The van der Waals surface area contributed by atoms with E-state index in [2.05, 4.69) is 21.5 Å². The molecule has 2 heterocycles. The van der Waals surface area contributed by atoms with Crippen LogP contribution in [0.4, 0.5) is 0 Å². The second-order valence-corrected chi connectivity index (χ2v) is 8.63. The van der Waals surface area contributed by atoms with Crippen molar-refractivity contribution in [1.82, 2.24) is 19.3 Å². The van der Waals surface area contributed by atoms with E-state index >= 15 is 0 Å². The van der Waals surface area contributed by atoms with Crippen LogP contribution in [-0.2, 0) is 26.0 Å². The Bertz CT molecular complexity index is 1150. The van der Waals surface area contributed by atoms with Crippen molar-refractivity contribution in [1.29, 1.82) is 0 Å². The Morgan fingerprint density at radius 2 is 2.00 bits per heavy atom. The number of esters is 1. The molecule has 0 aliphatic carbocycles. The second-order valence-electron chi connectivity index (χ2n) is 6.69. The van der Waals surface area contributed by atoms with E-state index in [1.165, 1.54) is 18.2 Å². The van der Waals surface area contributed by atoms with E-state index in [0.29, 0.717) is 6.42 Å². The fourth-order valence-electron chi connectivity index (χ4n) is 3.11. The summed E-state index contributed by atoms with van der Waals surface area (Å²) < 4.78 is 31.8. The molecule has 0 saturated carbocycles. The average molecular weight is 429 g/mol. The van der Waals surface area contributed by atoms with E-state index < -0.39 is 16.0 Å². The summed E-state index contributed by atoms with van der Waals surface area (Å²) in [6.45, 7) is 6.95. The summed E-state index contributed by atoms with van der Waals surface area (Å²) in [5, 5.41) is 0. The molecule has 0 spiro atoms. The van der Waals surface area contributed by atoms with Crippen molar-refractivity contribution in [3.05, 3.63) is 66.3 Å². The van der Waals surface area contributed by atoms with Crippen molar-refractivity contribution in [2.75, 3.05) is 19.7 Å². The number of rotatable bonds is 9. The number of nitrogens with zero attached hydrogens (tertiary/aromatic N) is 3. The van der Waals surface area contributed by atoms with Gasteiger partial charge in [-0.1, -0.05) is 18.2 Å². The second kappa shape index (κ2) is 9.19. The van der Waals surface area contributed by atoms with Crippen LogP contribution in [0.15, 0.2) is 54.1 Å². The van der Waals surface area contributed by atoms with Crippen molar-refractivity contribution < 1.29 is 17.9 Å². The number of H-pyrrole nitrogens is 1. The van der Waals surface area contributed by atoms with Gasteiger partial charge < -0.3 is 9.72 Å². The van der Waals surface area contributed by atoms with Crippen LogP contribution in [0.5, 0.6) is 0 Å². The van der Waals surface area contributed by atoms with E-state index in [9.17, 15) is 13.2 Å². The van der Waals surface area contributed by atoms with Gasteiger partial charge >= 0.3 is 5.97 Å². The van der Waals surface area contributed by atoms with Crippen LogP contribution >= 0.6 is 0 Å². The Morgan fingerprint density at radius 1 is 1.27 bits per heavy atom. The highest BCUT2D eigenvalue weighted by molar-refractivity contribution is 7.89. The molecule has 0 aliphatic rings. The zero-order valence-corrected chi connectivity index (χ0v) is 17.8. The molecule has 1 aromatic carbocycles. The third kappa shape index (κ3) is 4.74. The number of nitrogens with one attached hydrogen (secondary N) is 1. The largest absolute Gasteiger partial charge is 0.465 e. The van der Waals surface area contributed by atoms with Crippen molar-refractivity contribution >= 4 is 27.0 Å². The number of carbonyl (C=O) groups excluding carboxylic acids is 1. The van der Waals surface area contributed by atoms with Gasteiger partial charge in [0.1, 0.15) is 17.9 Å². The number of hydrogen-bond donors (Lipinski definition) is 1. The van der Waals surface area contributed by atoms with Crippen LogP contribution in [0.1, 0.15) is 24.0 Å². The van der Waals surface area contributed by atoms with Gasteiger partial charge in [-0.15, -0.1) is 6.58 Å². The molecule has 0 aliphatic heterocycles. The fraction of sp³-hybridized carbons (Fsp3) is 0.286. The number of ether oxygens (including phenoxy) is 1. The first kappa shape index (κ1) is 21.7. The topological polar surface area (TPSA) is 105 Å². The summed E-state index contributed by atoms with van der Waals surface area (Å²) in [6.07, 6.45) is 3.67. The molecular formula is C21H24N4O4S. The van der Waals surface area contributed by atoms with Gasteiger partial charge in [0, 0.05) is 19.2 Å². The summed E-state index contributed by atoms with van der Waals surface area (Å²) >= 11 is 0. The number of aryl methyl sites for hydroxylation is 1. The summed E-state index contributed by atoms with van der Waals surface area (Å²) in [5.41, 5.74) is 3.42. The molecule has 0 amide bonds. The van der Waals surface area contributed by atoms with Crippen molar-refractivity contribution in [3.8, 4) is 0 Å². The van der Waals surface area contributed by atoms with Crippen molar-refractivity contribution in [3.63, 3.8) is 0 Å². The molecular weight excluding hydrogens is 404 g/mol. The molecule has 0 atom stereocenters. The highest BCUT2D eigenvalue weighted by atomic mass is 32.2. The molecule has 9 heteroatoms. The number of hydrogen-bond acceptors (Lipinski definition) is 6. The predicted molar refractivity (Wildman–Crippen MR) is 113 cm³/mol. The van der Waals surface area contributed by atoms with Gasteiger partial charge in [-0.3, -0.25) is 9.78 Å². The summed E-state index contributed by atoms with van der Waals surface area (Å²) in [7, 11) is -3.87. The maximum atomic E-state index is 13.0. The summed E-state index contributed by atoms with van der Waals surface area (Å²) in [5.74, 6) is 0.206. The standard InChI is InChI=1S/C21H24N4O4S/c1-4-12-25(14-20(26)29-5-2)30(27,28)17-8-6-16(7-9-17)13-19-21-18(10-11-22-19)23-15(3)24-21/h4,6-11H,1,5,12-14H2,2-3H3,(H,23,24). The minimum atomic E-state index is -3.87. The Labute approximate surface area is 175 Å². The van der Waals surface area contributed by atoms with Gasteiger partial charge in [0.15, 0.2) is 0 Å². The van der Waals surface area contributed by atoms with Gasteiger partial charge in [0.05, 0.1) is 22.7 Å². The molecule has 158 valence electrons. The molecule has 2 aromatic heterocycles. The van der Waals surface area contributed by atoms with Crippen LogP contribution in [0.25, 0.3) is 11.0 Å². The van der Waals surface area contributed by atoms with Crippen LogP contribution in [-0.4, -0.2) is 53.3 Å². The third-order valence-electron chi connectivity index (χ3n) is 4.47. The van der Waals surface area contributed by atoms with Crippen LogP contribution in [0.3, 0.4) is 0 Å². The van der Waals surface area contributed by atoms with Crippen LogP contribution < -0.4 is 0 Å². The summed E-state index contributed by atoms with van der Waals surface area (Å²) in [6, 6.07) is 8.41. The number of fused-ring (bicyclic) bond motifs is 1. The number of pyridine rings is 1. The molecule has 30 heavy (non-hydrogen) atoms. The Kier molecular flexibility index (Phi) is 6.63. The van der Waals surface area contributed by atoms with E-state index in [1.807, 2.05) is 13.0 Å². The van der Waals surface area contributed by atoms with Crippen molar-refractivity contribution in [2.24, 2.45) is 0 Å². The molecule has 3 rings (SSSR count). The minimum absolute atomic E-state index is 0.00727. The number of aromatic nitrogens is 3. The van der Waals surface area contributed by atoms with Gasteiger partial charge in [-0.05, 0) is 37.6 Å². The SMILES string of the molecule is C=CCN(CC(=O)OCC)S(=O)(=O)c1ccc(Cc2nccc3[nH]c(C)nc23)cc1. The average Bonchev–Trinajstić information content (AvgIpc) is 3.09. The first-order valence-corrected chi connectivity index (χ1v) is 10.9. The molecule has 0 radical (unpaired) electrons. The van der Waals surface area contributed by atoms with E-state index in [4.69, 9.17) is 4.74 Å². The van der Waals surface area contributed by atoms with E-state index in [-0.39, 0.29) is 24.6 Å². The van der Waals surface area contributed by atoms with E-state index in [0.717, 1.165) is 32.4 Å². The maximum absolute atomic E-state index is 13.0. The normalized spacial score (nSPS) is 11.7. The fourth-order valence-corrected chi connectivity index (χ4v) is 4.46. The lowest BCUT2D eigenvalue weighted by Gasteiger charge is -2.20. The molecule has 0 unspecified atom stereocenters. The summed E-state index contributed by atoms with van der Waals surface area (Å²) in [4.78, 5) is 24.0. The lowest BCUT2D eigenvalue weighted by atomic mass is 10.1. The number of imidazole rings is 1. The molecule has 1 N–H and O–H groups in total. The molecule has 8 nitrogen and oxygen atoms in total. The molecule has 0 saturated heterocycles. The lowest BCUT2D eigenvalue weighted by molar-refractivity contribution is -0.143. The predicted octanol–water partition coefficient (Wildman–Crippen LogP) is 2.60. The number of aromatic amines is 1. The number of carbonyl (C=O) groups is 1. The lowest BCUT2D eigenvalue weighted by Crippen LogP contribution is -2.36. The highest BCUT2D eigenvalue weighted by Crippen LogP contribution is 2.20. The van der Waals surface area contributed by atoms with Crippen LogP contribution in [0.2, 0.25) is 0 Å². The number of benzene rings is 1. The van der Waals surface area contributed by atoms with Crippen molar-refractivity contribution in [2.45, 2.75) is 25.2 Å². The quantitative estimate of drug-likeness (QED) is 0.415. The molecule has 0 bridgehead atoms. The van der Waals surface area contributed by atoms with E-state index in [1.54, 1.807) is 25.3 Å². The first-order chi connectivity index (χ1) is 14.3. The van der Waals surface area contributed by atoms with Gasteiger partial charge in [0.25, 0.3) is 0 Å². The Balaban J connectivity index is 1.82. The minimum Gasteiger partial charge on any atom is -0.465 e. The maximum Gasteiger partial charge on any atom is 0.321 e. The van der Waals surface area contributed by atoms with Gasteiger partial charge in [-0.25, -0.2) is 13.4 Å². The Morgan fingerprint density at radius 3 is 2.67 bits per heavy atom. The molecule has 0 fully saturated rings. The third-order valence-corrected chi connectivity index (χ3v) is 6.30. The number of sulfonamides is 1. The molecule has 3 aromatic rings. The van der Waals surface area contributed by atoms with Gasteiger partial charge in [0.2, 0.25) is 10.0 Å². The van der Waals surface area contributed by atoms with Gasteiger partial charge in [-0.2, -0.15) is 4.31 Å². The zero-order chi connectivity index (χ0) is 21.7. The smallest absolute Gasteiger partial charge is 0.321 e.